The van der Waals surface area contributed by atoms with E-state index in [0.717, 1.165) is 5.56 Å². The third-order valence-corrected chi connectivity index (χ3v) is 5.69. The van der Waals surface area contributed by atoms with Gasteiger partial charge in [0.1, 0.15) is 0 Å². The molecule has 1 saturated heterocycles. The summed E-state index contributed by atoms with van der Waals surface area (Å²) < 4.78 is 1.84. The van der Waals surface area contributed by atoms with Gasteiger partial charge in [-0.3, -0.25) is 9.59 Å². The smallest absolute Gasteiger partial charge is 0.233 e. The maximum absolute atomic E-state index is 12.4. The zero-order chi connectivity index (χ0) is 18.7. The van der Waals surface area contributed by atoms with Crippen molar-refractivity contribution < 1.29 is 9.59 Å². The van der Waals surface area contributed by atoms with E-state index in [1.807, 2.05) is 35.9 Å². The van der Waals surface area contributed by atoms with E-state index in [1.165, 1.54) is 11.8 Å². The van der Waals surface area contributed by atoms with Gasteiger partial charge in [0, 0.05) is 45.7 Å². The third kappa shape index (κ3) is 4.02. The van der Waals surface area contributed by atoms with Crippen molar-refractivity contribution in [2.75, 3.05) is 31.9 Å². The molecule has 1 aromatic carbocycles. The summed E-state index contributed by atoms with van der Waals surface area (Å²) in [6.45, 7) is 3.88. The van der Waals surface area contributed by atoms with Gasteiger partial charge < -0.3 is 14.4 Å². The average Bonchev–Trinajstić information content (AvgIpc) is 3.00. The summed E-state index contributed by atoms with van der Waals surface area (Å²) in [5, 5.41) is 9.66. The lowest BCUT2D eigenvalue weighted by atomic mass is 10.2. The third-order valence-electron chi connectivity index (χ3n) is 4.35. The minimum absolute atomic E-state index is 0.0421. The predicted molar refractivity (Wildman–Crippen MR) is 101 cm³/mol. The van der Waals surface area contributed by atoms with E-state index in [0.29, 0.717) is 42.2 Å². The molecule has 1 aliphatic rings. The molecule has 0 saturated carbocycles. The number of hydrogen-bond acceptors (Lipinski definition) is 5. The minimum atomic E-state index is 0.0421. The Bertz CT molecular complexity index is 817. The molecule has 0 atom stereocenters. The zero-order valence-electron chi connectivity index (χ0n) is 14.7. The Balaban J connectivity index is 1.60. The van der Waals surface area contributed by atoms with Crippen molar-refractivity contribution in [2.45, 2.75) is 12.1 Å². The fourth-order valence-corrected chi connectivity index (χ4v) is 3.84. The first kappa shape index (κ1) is 18.7. The largest absolute Gasteiger partial charge is 0.339 e. The number of thioether (sulfide) groups is 1. The summed E-state index contributed by atoms with van der Waals surface area (Å²) in [5.74, 6) is 1.05. The molecule has 9 heteroatoms. The Labute approximate surface area is 161 Å². The van der Waals surface area contributed by atoms with Gasteiger partial charge in [-0.1, -0.05) is 35.5 Å². The average molecular weight is 394 g/mol. The Morgan fingerprint density at radius 1 is 1.12 bits per heavy atom. The van der Waals surface area contributed by atoms with E-state index < -0.39 is 0 Å². The number of halogens is 1. The van der Waals surface area contributed by atoms with E-state index in [9.17, 15) is 9.59 Å². The number of piperazine rings is 1. The number of rotatable bonds is 4. The molecule has 2 heterocycles. The second-order valence-corrected chi connectivity index (χ2v) is 7.37. The van der Waals surface area contributed by atoms with Gasteiger partial charge in [-0.05, 0) is 12.1 Å². The first-order valence-electron chi connectivity index (χ1n) is 8.27. The summed E-state index contributed by atoms with van der Waals surface area (Å²) in [6.07, 6.45) is 0. The number of amides is 2. The van der Waals surface area contributed by atoms with Gasteiger partial charge in [0.2, 0.25) is 11.8 Å². The standard InChI is InChI=1S/C17H20ClN5O2S/c1-12(24)22-7-9-23(10-8-22)15(25)11-26-17-20-19-16(21(17)2)13-5-3-4-6-14(13)18/h3-6H,7-11H2,1-2H3. The van der Waals surface area contributed by atoms with E-state index in [1.54, 1.807) is 16.7 Å². The van der Waals surface area contributed by atoms with Gasteiger partial charge in [0.25, 0.3) is 0 Å². The molecule has 0 bridgehead atoms. The Kier molecular flexibility index (Phi) is 5.83. The molecule has 1 fully saturated rings. The summed E-state index contributed by atoms with van der Waals surface area (Å²) in [7, 11) is 1.86. The second kappa shape index (κ2) is 8.09. The van der Waals surface area contributed by atoms with Crippen molar-refractivity contribution in [2.24, 2.45) is 7.05 Å². The van der Waals surface area contributed by atoms with Gasteiger partial charge in [0.05, 0.1) is 10.8 Å². The van der Waals surface area contributed by atoms with Crippen LogP contribution in [0.4, 0.5) is 0 Å². The lowest BCUT2D eigenvalue weighted by Crippen LogP contribution is -2.50. The van der Waals surface area contributed by atoms with Crippen LogP contribution in [0.15, 0.2) is 29.4 Å². The first-order chi connectivity index (χ1) is 12.5. The molecule has 0 N–H and O–H groups in total. The summed E-state index contributed by atoms with van der Waals surface area (Å²) in [6, 6.07) is 7.46. The zero-order valence-corrected chi connectivity index (χ0v) is 16.3. The van der Waals surface area contributed by atoms with Crippen LogP contribution < -0.4 is 0 Å². The normalized spacial score (nSPS) is 14.6. The van der Waals surface area contributed by atoms with Crippen LogP contribution in [0.1, 0.15) is 6.92 Å². The molecule has 7 nitrogen and oxygen atoms in total. The van der Waals surface area contributed by atoms with Crippen molar-refractivity contribution in [1.82, 2.24) is 24.6 Å². The molecule has 2 amide bonds. The maximum Gasteiger partial charge on any atom is 0.233 e. The molecule has 0 radical (unpaired) electrons. The molecule has 0 spiro atoms. The Hall–Kier alpha value is -2.06. The predicted octanol–water partition coefficient (Wildman–Crippen LogP) is 1.92. The monoisotopic (exact) mass is 393 g/mol. The summed E-state index contributed by atoms with van der Waals surface area (Å²) >= 11 is 7.58. The van der Waals surface area contributed by atoms with Crippen LogP contribution in [0, 0.1) is 0 Å². The van der Waals surface area contributed by atoms with Gasteiger partial charge in [-0.25, -0.2) is 0 Å². The van der Waals surface area contributed by atoms with Crippen LogP contribution in [0.5, 0.6) is 0 Å². The molecule has 3 rings (SSSR count). The first-order valence-corrected chi connectivity index (χ1v) is 9.64. The highest BCUT2D eigenvalue weighted by Gasteiger charge is 2.23. The highest BCUT2D eigenvalue weighted by atomic mass is 35.5. The fraction of sp³-hybridized carbons (Fsp3) is 0.412. The molecule has 26 heavy (non-hydrogen) atoms. The maximum atomic E-state index is 12.4. The van der Waals surface area contributed by atoms with Crippen molar-refractivity contribution in [3.05, 3.63) is 29.3 Å². The van der Waals surface area contributed by atoms with Gasteiger partial charge in [-0.2, -0.15) is 0 Å². The lowest BCUT2D eigenvalue weighted by molar-refractivity contribution is -0.136. The lowest BCUT2D eigenvalue weighted by Gasteiger charge is -2.34. The minimum Gasteiger partial charge on any atom is -0.339 e. The number of aromatic nitrogens is 3. The van der Waals surface area contributed by atoms with Crippen LogP contribution in [0.2, 0.25) is 5.02 Å². The van der Waals surface area contributed by atoms with Crippen LogP contribution in [0.3, 0.4) is 0 Å². The number of carbonyl (C=O) groups is 2. The van der Waals surface area contributed by atoms with Crippen LogP contribution in [-0.2, 0) is 16.6 Å². The molecular weight excluding hydrogens is 374 g/mol. The van der Waals surface area contributed by atoms with Gasteiger partial charge in [-0.15, -0.1) is 10.2 Å². The van der Waals surface area contributed by atoms with E-state index in [-0.39, 0.29) is 17.6 Å². The molecule has 1 aliphatic heterocycles. The van der Waals surface area contributed by atoms with Crippen LogP contribution in [0.25, 0.3) is 11.4 Å². The highest BCUT2D eigenvalue weighted by Crippen LogP contribution is 2.28. The van der Waals surface area contributed by atoms with E-state index >= 15 is 0 Å². The van der Waals surface area contributed by atoms with Gasteiger partial charge >= 0.3 is 0 Å². The SMILES string of the molecule is CC(=O)N1CCN(C(=O)CSc2nnc(-c3ccccc3Cl)n2C)CC1. The topological polar surface area (TPSA) is 71.3 Å². The Morgan fingerprint density at radius 2 is 1.77 bits per heavy atom. The number of nitrogens with zero attached hydrogens (tertiary/aromatic N) is 5. The van der Waals surface area contributed by atoms with Crippen molar-refractivity contribution >= 4 is 35.2 Å². The van der Waals surface area contributed by atoms with E-state index in [2.05, 4.69) is 10.2 Å². The van der Waals surface area contributed by atoms with Crippen molar-refractivity contribution in [1.29, 1.82) is 0 Å². The van der Waals surface area contributed by atoms with Gasteiger partial charge in [0.15, 0.2) is 11.0 Å². The number of benzene rings is 1. The van der Waals surface area contributed by atoms with Crippen molar-refractivity contribution in [3.8, 4) is 11.4 Å². The molecule has 0 unspecified atom stereocenters. The molecule has 1 aromatic heterocycles. The molecule has 138 valence electrons. The second-order valence-electron chi connectivity index (χ2n) is 6.02. The van der Waals surface area contributed by atoms with E-state index in [4.69, 9.17) is 11.6 Å². The van der Waals surface area contributed by atoms with Crippen LogP contribution in [-0.4, -0.2) is 68.3 Å². The molecule has 2 aromatic rings. The van der Waals surface area contributed by atoms with Crippen molar-refractivity contribution in [3.63, 3.8) is 0 Å². The quantitative estimate of drug-likeness (QED) is 0.742. The summed E-state index contributed by atoms with van der Waals surface area (Å²) in [4.78, 5) is 27.3. The number of carbonyl (C=O) groups excluding carboxylic acids is 2. The molecular formula is C17H20ClN5O2S. The number of hydrogen-bond donors (Lipinski definition) is 0. The Morgan fingerprint density at radius 3 is 2.42 bits per heavy atom. The fourth-order valence-electron chi connectivity index (χ4n) is 2.81. The summed E-state index contributed by atoms with van der Waals surface area (Å²) in [5.41, 5.74) is 0.808. The van der Waals surface area contributed by atoms with Crippen LogP contribution >= 0.6 is 23.4 Å². The highest BCUT2D eigenvalue weighted by molar-refractivity contribution is 7.99. The molecule has 0 aliphatic carbocycles.